The van der Waals surface area contributed by atoms with Crippen molar-refractivity contribution in [2.75, 3.05) is 43.4 Å². The number of aromatic nitrogens is 4. The van der Waals surface area contributed by atoms with Gasteiger partial charge in [0.15, 0.2) is 10.0 Å². The topological polar surface area (TPSA) is 215 Å². The highest BCUT2D eigenvalue weighted by atomic mass is 32.1. The quantitative estimate of drug-likeness (QED) is 0.0665. The van der Waals surface area contributed by atoms with Crippen LogP contribution in [0, 0.1) is 19.3 Å². The number of amides is 4. The van der Waals surface area contributed by atoms with Gasteiger partial charge in [0.1, 0.15) is 23.0 Å². The number of anilines is 2. The number of aliphatic hydroxyl groups is 2. The minimum absolute atomic E-state index is 0.0875. The molecule has 0 spiro atoms. The first-order valence-corrected chi connectivity index (χ1v) is 26.2. The molecule has 0 bridgehead atoms. The Morgan fingerprint density at radius 2 is 1.13 bits per heavy atom. The largest absolute Gasteiger partial charge is 0.389 e. The maximum absolute atomic E-state index is 13.5. The van der Waals surface area contributed by atoms with Gasteiger partial charge in [0, 0.05) is 73.9 Å². The molecule has 4 aromatic rings. The summed E-state index contributed by atoms with van der Waals surface area (Å²) in [6.07, 6.45) is 14.6. The van der Waals surface area contributed by atoms with Gasteiger partial charge in [-0.25, -0.2) is 19.9 Å². The summed E-state index contributed by atoms with van der Waals surface area (Å²) in [5, 5.41) is 32.8. The number of nitrogens with one attached hydrogen (secondary N) is 4. The molecule has 2 aliphatic carbocycles. The van der Waals surface area contributed by atoms with Crippen LogP contribution in [0.4, 0.5) is 11.6 Å². The molecular formula is C51H72N10O6S2. The Balaban J connectivity index is 0.000000204. The van der Waals surface area contributed by atoms with E-state index < -0.39 is 23.0 Å². The lowest BCUT2D eigenvalue weighted by atomic mass is 9.70. The summed E-state index contributed by atoms with van der Waals surface area (Å²) in [5.74, 6) is 0.530. The van der Waals surface area contributed by atoms with Gasteiger partial charge in [-0.05, 0) is 149 Å². The number of likely N-dealkylation sites (tertiary alicyclic amines) is 2. The second-order valence-corrected chi connectivity index (χ2v) is 23.7. The second-order valence-electron chi connectivity index (χ2n) is 21.7. The van der Waals surface area contributed by atoms with Crippen LogP contribution in [0.15, 0.2) is 24.5 Å². The molecule has 69 heavy (non-hydrogen) atoms. The number of aryl methyl sites for hydroxylation is 2. The Hall–Kier alpha value is -5.04. The van der Waals surface area contributed by atoms with Crippen LogP contribution < -0.4 is 21.3 Å². The average molecular weight is 985 g/mol. The molecule has 4 fully saturated rings. The third kappa shape index (κ3) is 12.7. The summed E-state index contributed by atoms with van der Waals surface area (Å²) >= 11 is 2.39. The normalized spacial score (nSPS) is 19.5. The summed E-state index contributed by atoms with van der Waals surface area (Å²) in [5.41, 5.74) is 2.48. The standard InChI is InChI=1S/C26H37N5O3S.C25H35N5O3S/c1-16-12-19(28-15-26(5)9-7-10-26)27-13-18(16)21-20(24(33)31-11-6-8-17(31)2)30-23(35-21)22(32)29-14-25(3,4)34;1-15-12-18(29-25(5)9-7-10-25)26-13-17(15)20-19(23(32)30-11-6-8-16(30)2)28-22(34-20)21(31)27-14-24(3,4)33/h12-13,17,34H,6-11,14-15H2,1-5H3,(H,27,28)(H,29,32);12-13,16,33H,6-11,14H2,1-5H3,(H,26,29)(H,27,31)/t17-;16-/m00/s1. The smallest absolute Gasteiger partial charge is 0.280 e. The van der Waals surface area contributed by atoms with E-state index in [1.807, 2.05) is 49.6 Å². The predicted molar refractivity (Wildman–Crippen MR) is 273 cm³/mol. The minimum Gasteiger partial charge on any atom is -0.389 e. The molecule has 4 amide bonds. The zero-order chi connectivity index (χ0) is 50.1. The number of carbonyl (C=O) groups is 4. The van der Waals surface area contributed by atoms with E-state index in [1.165, 1.54) is 48.4 Å². The van der Waals surface area contributed by atoms with Gasteiger partial charge in [-0.1, -0.05) is 13.3 Å². The molecule has 2 saturated heterocycles. The lowest BCUT2D eigenvalue weighted by molar-refractivity contribution is 0.0692. The minimum atomic E-state index is -1.04. The molecule has 6 N–H and O–H groups in total. The van der Waals surface area contributed by atoms with Gasteiger partial charge < -0.3 is 41.3 Å². The molecule has 18 heteroatoms. The van der Waals surface area contributed by atoms with Crippen LogP contribution in [0.5, 0.6) is 0 Å². The number of hydrogen-bond donors (Lipinski definition) is 6. The van der Waals surface area contributed by atoms with E-state index in [0.717, 1.165) is 79.0 Å². The first-order chi connectivity index (χ1) is 32.4. The van der Waals surface area contributed by atoms with Crippen LogP contribution in [0.2, 0.25) is 0 Å². The maximum Gasteiger partial charge on any atom is 0.280 e. The van der Waals surface area contributed by atoms with Gasteiger partial charge in [0.25, 0.3) is 23.6 Å². The van der Waals surface area contributed by atoms with Crippen LogP contribution in [-0.2, 0) is 0 Å². The number of thiazole rings is 2. The summed E-state index contributed by atoms with van der Waals surface area (Å²) in [6.45, 7) is 21.5. The van der Waals surface area contributed by atoms with Crippen LogP contribution in [0.1, 0.15) is 171 Å². The fourth-order valence-corrected chi connectivity index (χ4v) is 11.2. The molecule has 4 aromatic heterocycles. The molecule has 4 aliphatic rings. The van der Waals surface area contributed by atoms with Crippen molar-refractivity contribution in [2.45, 2.75) is 162 Å². The highest BCUT2D eigenvalue weighted by Gasteiger charge is 2.36. The molecule has 0 unspecified atom stereocenters. The van der Waals surface area contributed by atoms with Gasteiger partial charge in [0.05, 0.1) is 21.0 Å². The second kappa shape index (κ2) is 20.7. The van der Waals surface area contributed by atoms with E-state index in [0.29, 0.717) is 39.6 Å². The molecule has 0 radical (unpaired) electrons. The highest BCUT2D eigenvalue weighted by Crippen LogP contribution is 2.41. The summed E-state index contributed by atoms with van der Waals surface area (Å²) in [7, 11) is 0. The van der Waals surface area contributed by atoms with E-state index in [4.69, 9.17) is 0 Å². The van der Waals surface area contributed by atoms with E-state index in [2.05, 4.69) is 55.1 Å². The number of pyridine rings is 2. The van der Waals surface area contributed by atoms with Crippen LogP contribution >= 0.6 is 22.7 Å². The Kier molecular flexibility index (Phi) is 15.6. The van der Waals surface area contributed by atoms with Crippen LogP contribution in [0.3, 0.4) is 0 Å². The van der Waals surface area contributed by atoms with Crippen molar-refractivity contribution in [1.29, 1.82) is 0 Å². The first kappa shape index (κ1) is 51.8. The molecule has 8 rings (SSSR count). The van der Waals surface area contributed by atoms with Crippen molar-refractivity contribution in [3.8, 4) is 20.9 Å². The zero-order valence-electron chi connectivity index (χ0n) is 42.1. The number of carbonyl (C=O) groups excluding carboxylic acids is 4. The predicted octanol–water partition coefficient (Wildman–Crippen LogP) is 8.23. The average Bonchev–Trinajstić information content (AvgIpc) is 4.09. The molecule has 2 atom stereocenters. The molecule has 16 nitrogen and oxygen atoms in total. The van der Waals surface area contributed by atoms with Crippen molar-refractivity contribution in [2.24, 2.45) is 5.41 Å². The SMILES string of the molecule is Cc1cc(NC2(C)CCC2)ncc1-c1sc(C(=O)NCC(C)(C)O)nc1C(=O)N1CCC[C@@H]1C.Cc1cc(NCC2(C)CCC2)ncc1-c1sc(C(=O)NCC(C)(C)O)nc1C(=O)N1CCC[C@@H]1C. The van der Waals surface area contributed by atoms with Crippen molar-refractivity contribution >= 4 is 57.9 Å². The summed E-state index contributed by atoms with van der Waals surface area (Å²) in [6, 6.07) is 4.28. The third-order valence-corrected chi connectivity index (χ3v) is 16.1. The molecule has 6 heterocycles. The van der Waals surface area contributed by atoms with E-state index >= 15 is 0 Å². The van der Waals surface area contributed by atoms with Crippen molar-refractivity contribution in [3.05, 3.63) is 57.1 Å². The monoisotopic (exact) mass is 985 g/mol. The fourth-order valence-electron chi connectivity index (χ4n) is 9.13. The number of rotatable bonds is 15. The van der Waals surface area contributed by atoms with Gasteiger partial charge in [-0.3, -0.25) is 19.2 Å². The Morgan fingerprint density at radius 1 is 0.696 bits per heavy atom. The molecule has 374 valence electrons. The Bertz CT molecular complexity index is 2540. The summed E-state index contributed by atoms with van der Waals surface area (Å²) in [4.78, 5) is 75.9. The van der Waals surface area contributed by atoms with E-state index in [-0.39, 0.29) is 52.5 Å². The highest BCUT2D eigenvalue weighted by molar-refractivity contribution is 7.17. The lowest BCUT2D eigenvalue weighted by Crippen LogP contribution is -2.41. The lowest BCUT2D eigenvalue weighted by Gasteiger charge is -2.39. The zero-order valence-corrected chi connectivity index (χ0v) is 43.7. The molecule has 0 aromatic carbocycles. The Morgan fingerprint density at radius 3 is 1.49 bits per heavy atom. The van der Waals surface area contributed by atoms with Crippen molar-refractivity contribution < 1.29 is 29.4 Å². The summed E-state index contributed by atoms with van der Waals surface area (Å²) < 4.78 is 0. The fraction of sp³-hybridized carbons (Fsp3) is 0.608. The molecule has 2 aliphatic heterocycles. The number of nitrogens with zero attached hydrogens (tertiary/aromatic N) is 6. The van der Waals surface area contributed by atoms with Crippen molar-refractivity contribution in [3.63, 3.8) is 0 Å². The van der Waals surface area contributed by atoms with Gasteiger partial charge in [-0.2, -0.15) is 0 Å². The molecule has 2 saturated carbocycles. The van der Waals surface area contributed by atoms with Gasteiger partial charge in [0.2, 0.25) is 0 Å². The van der Waals surface area contributed by atoms with E-state index in [9.17, 15) is 29.4 Å². The van der Waals surface area contributed by atoms with Crippen LogP contribution in [-0.4, -0.2) is 125 Å². The third-order valence-electron chi connectivity index (χ3n) is 13.9. The van der Waals surface area contributed by atoms with Crippen molar-refractivity contribution in [1.82, 2.24) is 40.4 Å². The molecular weight excluding hydrogens is 913 g/mol. The maximum atomic E-state index is 13.5. The first-order valence-electron chi connectivity index (χ1n) is 24.5. The van der Waals surface area contributed by atoms with E-state index in [1.54, 1.807) is 40.1 Å². The number of hydrogen-bond acceptors (Lipinski definition) is 14. The van der Waals surface area contributed by atoms with Crippen LogP contribution in [0.25, 0.3) is 20.9 Å². The van der Waals surface area contributed by atoms with Gasteiger partial charge in [-0.15, -0.1) is 22.7 Å². The Labute approximate surface area is 414 Å². The van der Waals surface area contributed by atoms with Gasteiger partial charge >= 0.3 is 0 Å².